The van der Waals surface area contributed by atoms with E-state index in [0.29, 0.717) is 23.9 Å². The Bertz CT molecular complexity index is 929. The number of quaternary nitrogens is 1. The number of carbonyl (C=O) groups is 3. The molecule has 0 aromatic carbocycles. The highest BCUT2D eigenvalue weighted by atomic mass is 16.7. The Morgan fingerprint density at radius 3 is 1.47 bits per heavy atom. The van der Waals surface area contributed by atoms with Gasteiger partial charge >= 0.3 is 17.9 Å². The molecule has 0 fully saturated rings. The molecule has 0 aliphatic rings. The number of esters is 2. The maximum atomic E-state index is 12.7. The van der Waals surface area contributed by atoms with E-state index >= 15 is 0 Å². The lowest BCUT2D eigenvalue weighted by Crippen LogP contribution is -2.40. The molecule has 9 heteroatoms. The summed E-state index contributed by atoms with van der Waals surface area (Å²) in [6.45, 7) is 4.79. The van der Waals surface area contributed by atoms with Crippen molar-refractivity contribution in [1.29, 1.82) is 0 Å². The number of unbranched alkanes of at least 4 members (excludes halogenated alkanes) is 20. The molecule has 0 spiro atoms. The van der Waals surface area contributed by atoms with Crippen molar-refractivity contribution >= 4 is 17.9 Å². The van der Waals surface area contributed by atoms with Crippen LogP contribution in [0.4, 0.5) is 0 Å². The van der Waals surface area contributed by atoms with Crippen LogP contribution in [0.1, 0.15) is 181 Å². The monoisotopic (exact) mass is 753 g/mol. The summed E-state index contributed by atoms with van der Waals surface area (Å²) in [4.78, 5) is 37.0. The normalized spacial score (nSPS) is 13.2. The molecule has 0 rings (SSSR count). The number of allylic oxidation sites excluding steroid dienone is 4. The molecule has 53 heavy (non-hydrogen) atoms. The number of carbonyl (C=O) groups excluding carboxylic acids is 2. The van der Waals surface area contributed by atoms with Gasteiger partial charge in [-0.1, -0.05) is 134 Å². The molecule has 0 aliphatic heterocycles. The molecule has 0 radical (unpaired) electrons. The van der Waals surface area contributed by atoms with Crippen LogP contribution in [-0.2, 0) is 33.3 Å². The van der Waals surface area contributed by atoms with Gasteiger partial charge in [0.15, 0.2) is 6.10 Å². The summed E-state index contributed by atoms with van der Waals surface area (Å²) in [5.41, 5.74) is 0. The number of aliphatic carboxylic acids is 1. The lowest BCUT2D eigenvalue weighted by Gasteiger charge is -2.25. The average molecular weight is 753 g/mol. The molecule has 0 saturated heterocycles. The van der Waals surface area contributed by atoms with Crippen molar-refractivity contribution in [3.8, 4) is 0 Å². The largest absolute Gasteiger partial charge is 0.477 e. The van der Waals surface area contributed by atoms with Gasteiger partial charge in [-0.3, -0.25) is 9.59 Å². The minimum atomic E-state index is -1.51. The molecule has 9 nitrogen and oxygen atoms in total. The smallest absolute Gasteiger partial charge is 0.361 e. The molecular weight excluding hydrogens is 670 g/mol. The fraction of sp³-hybridized carbons (Fsp3) is 0.841. The van der Waals surface area contributed by atoms with Crippen molar-refractivity contribution < 1.29 is 42.9 Å². The molecule has 2 unspecified atom stereocenters. The predicted molar refractivity (Wildman–Crippen MR) is 217 cm³/mol. The summed E-state index contributed by atoms with van der Waals surface area (Å²) in [6.07, 6.45) is 35.3. The Kier molecular flexibility index (Phi) is 35.2. The topological polar surface area (TPSA) is 108 Å². The van der Waals surface area contributed by atoms with Crippen molar-refractivity contribution in [1.82, 2.24) is 0 Å². The zero-order valence-electron chi connectivity index (χ0n) is 34.9. The van der Waals surface area contributed by atoms with Crippen LogP contribution in [0.5, 0.6) is 0 Å². The first kappa shape index (κ1) is 50.8. The van der Waals surface area contributed by atoms with Gasteiger partial charge in [0, 0.05) is 12.8 Å². The molecule has 0 saturated carbocycles. The number of ether oxygens (including phenoxy) is 4. The maximum Gasteiger partial charge on any atom is 0.361 e. The van der Waals surface area contributed by atoms with E-state index in [1.807, 2.05) is 21.1 Å². The number of rotatable bonds is 39. The van der Waals surface area contributed by atoms with Gasteiger partial charge in [-0.2, -0.15) is 0 Å². The van der Waals surface area contributed by atoms with Gasteiger partial charge < -0.3 is 28.5 Å². The number of carboxylic acid groups (broad SMARTS) is 1. The first-order valence-electron chi connectivity index (χ1n) is 21.5. The second-order valence-corrected chi connectivity index (χ2v) is 15.6. The lowest BCUT2D eigenvalue weighted by atomic mass is 10.1. The van der Waals surface area contributed by atoms with E-state index in [9.17, 15) is 19.5 Å². The number of hydrogen-bond acceptors (Lipinski definition) is 7. The van der Waals surface area contributed by atoms with Crippen molar-refractivity contribution in [3.05, 3.63) is 24.3 Å². The zero-order valence-corrected chi connectivity index (χ0v) is 34.9. The van der Waals surface area contributed by atoms with Gasteiger partial charge in [0.1, 0.15) is 13.2 Å². The van der Waals surface area contributed by atoms with E-state index in [1.54, 1.807) is 0 Å². The summed E-state index contributed by atoms with van der Waals surface area (Å²) < 4.78 is 22.6. The fourth-order valence-electron chi connectivity index (χ4n) is 5.77. The molecule has 2 atom stereocenters. The second kappa shape index (κ2) is 36.7. The van der Waals surface area contributed by atoms with Crippen LogP contribution in [0.15, 0.2) is 24.3 Å². The second-order valence-electron chi connectivity index (χ2n) is 15.6. The minimum absolute atomic E-state index is 0.186. The molecule has 310 valence electrons. The molecule has 1 N–H and O–H groups in total. The number of nitrogens with zero attached hydrogens (tertiary/aromatic N) is 1. The number of carboxylic acids is 1. The standard InChI is InChI=1S/C44H81NO8/c1-6-8-10-12-14-16-18-19-20-21-22-23-24-25-27-29-31-33-35-42(47)53-40(39-52-44(43(48)49)50-37-36-45(3,4)5)38-51-41(46)34-32-30-28-26-17-15-13-11-9-7-2/h11,13,20-21,40,44H,6-10,12,14-19,22-39H2,1-5H3/p+1/b13-11-,21-20-. The summed E-state index contributed by atoms with van der Waals surface area (Å²) in [6, 6.07) is 0. The predicted octanol–water partition coefficient (Wildman–Crippen LogP) is 10.9. The van der Waals surface area contributed by atoms with Crippen molar-refractivity contribution in [2.45, 2.75) is 193 Å². The van der Waals surface area contributed by atoms with E-state index in [2.05, 4.69) is 38.2 Å². The lowest BCUT2D eigenvalue weighted by molar-refractivity contribution is -0.870. The molecule has 0 aliphatic carbocycles. The van der Waals surface area contributed by atoms with Crippen molar-refractivity contribution in [2.24, 2.45) is 0 Å². The zero-order chi connectivity index (χ0) is 39.3. The quantitative estimate of drug-likeness (QED) is 0.0217. The molecule has 0 aromatic heterocycles. The van der Waals surface area contributed by atoms with Gasteiger partial charge in [0.25, 0.3) is 6.29 Å². The van der Waals surface area contributed by atoms with E-state index in [4.69, 9.17) is 18.9 Å². The first-order chi connectivity index (χ1) is 25.6. The van der Waals surface area contributed by atoms with Gasteiger partial charge in [0.2, 0.25) is 0 Å². The third kappa shape index (κ3) is 37.9. The van der Waals surface area contributed by atoms with E-state index < -0.39 is 24.3 Å². The highest BCUT2D eigenvalue weighted by Gasteiger charge is 2.25. The Morgan fingerprint density at radius 2 is 1.00 bits per heavy atom. The minimum Gasteiger partial charge on any atom is -0.477 e. The van der Waals surface area contributed by atoms with E-state index in [-0.39, 0.29) is 32.2 Å². The Labute approximate surface area is 325 Å². The maximum absolute atomic E-state index is 12.7. The molecule has 0 amide bonds. The van der Waals surface area contributed by atoms with E-state index in [0.717, 1.165) is 70.6 Å². The van der Waals surface area contributed by atoms with Gasteiger partial charge in [-0.05, 0) is 57.8 Å². The molecule has 0 aromatic rings. The first-order valence-corrected chi connectivity index (χ1v) is 21.5. The van der Waals surface area contributed by atoms with Gasteiger partial charge in [0.05, 0.1) is 34.4 Å². The summed E-state index contributed by atoms with van der Waals surface area (Å²) in [7, 11) is 5.94. The van der Waals surface area contributed by atoms with Crippen LogP contribution >= 0.6 is 0 Å². The van der Waals surface area contributed by atoms with Crippen LogP contribution in [0.2, 0.25) is 0 Å². The Hall–Kier alpha value is -2.23. The van der Waals surface area contributed by atoms with Crippen molar-refractivity contribution in [2.75, 3.05) is 47.5 Å². The highest BCUT2D eigenvalue weighted by Crippen LogP contribution is 2.14. The average Bonchev–Trinajstić information content (AvgIpc) is 3.11. The Morgan fingerprint density at radius 1 is 0.547 bits per heavy atom. The number of likely N-dealkylation sites (N-methyl/N-ethyl adjacent to an activating group) is 1. The summed E-state index contributed by atoms with van der Waals surface area (Å²) >= 11 is 0. The molecular formula is C44H82NO8+. The van der Waals surface area contributed by atoms with Crippen LogP contribution in [0.25, 0.3) is 0 Å². The highest BCUT2D eigenvalue weighted by molar-refractivity contribution is 5.71. The van der Waals surface area contributed by atoms with Crippen LogP contribution in [-0.4, -0.2) is 87.4 Å². The van der Waals surface area contributed by atoms with Crippen LogP contribution in [0.3, 0.4) is 0 Å². The van der Waals surface area contributed by atoms with Crippen molar-refractivity contribution in [3.63, 3.8) is 0 Å². The van der Waals surface area contributed by atoms with Crippen LogP contribution < -0.4 is 0 Å². The van der Waals surface area contributed by atoms with Gasteiger partial charge in [-0.25, -0.2) is 4.79 Å². The fourth-order valence-corrected chi connectivity index (χ4v) is 5.77. The van der Waals surface area contributed by atoms with E-state index in [1.165, 1.54) is 77.0 Å². The Balaban J connectivity index is 4.43. The summed E-state index contributed by atoms with van der Waals surface area (Å²) in [5, 5.41) is 9.60. The summed E-state index contributed by atoms with van der Waals surface area (Å²) in [5.74, 6) is -2.02. The van der Waals surface area contributed by atoms with Crippen LogP contribution in [0, 0.1) is 0 Å². The number of hydrogen-bond donors (Lipinski definition) is 1. The molecule has 0 bridgehead atoms. The van der Waals surface area contributed by atoms with Gasteiger partial charge in [-0.15, -0.1) is 0 Å². The SMILES string of the molecule is CCC/C=C\CCCCCCCC(=O)OCC(COC(OCC[N+](C)(C)C)C(=O)O)OC(=O)CCCCCCCCC/C=C\CCCCCCCCC. The third-order valence-electron chi connectivity index (χ3n) is 9.16. The third-order valence-corrected chi connectivity index (χ3v) is 9.16. The molecule has 0 heterocycles.